The summed E-state index contributed by atoms with van der Waals surface area (Å²) >= 11 is 0. The quantitative estimate of drug-likeness (QED) is 0.0890. The second kappa shape index (κ2) is 18.0. The van der Waals surface area contributed by atoms with E-state index in [4.69, 9.17) is 0 Å². The molecule has 1 fully saturated rings. The molecule has 9 nitrogen and oxygen atoms in total. The van der Waals surface area contributed by atoms with E-state index in [0.29, 0.717) is 36.2 Å². The summed E-state index contributed by atoms with van der Waals surface area (Å²) < 4.78 is 32.4. The zero-order valence-corrected chi connectivity index (χ0v) is 35.7. The first kappa shape index (κ1) is 42.5. The molecule has 5 aromatic rings. The molecule has 5 aromatic carbocycles. The fourth-order valence-corrected chi connectivity index (χ4v) is 11.2. The minimum atomic E-state index is -4.25. The van der Waals surface area contributed by atoms with Gasteiger partial charge in [0.05, 0.1) is 10.3 Å². The molecule has 10 heteroatoms. The summed E-state index contributed by atoms with van der Waals surface area (Å²) in [5.74, 6) is -1.17. The van der Waals surface area contributed by atoms with Crippen LogP contribution in [0.1, 0.15) is 87.1 Å². The molecule has 0 radical (unpaired) electrons. The van der Waals surface area contributed by atoms with Gasteiger partial charge < -0.3 is 16.0 Å². The summed E-state index contributed by atoms with van der Waals surface area (Å²) in [6.45, 7) is 8.17. The Morgan fingerprint density at radius 1 is 0.683 bits per heavy atom. The van der Waals surface area contributed by atoms with Crippen molar-refractivity contribution in [3.8, 4) is 0 Å². The van der Waals surface area contributed by atoms with Crippen molar-refractivity contribution in [3.63, 3.8) is 0 Å². The number of amides is 3. The lowest BCUT2D eigenvalue weighted by atomic mass is 9.49. The molecule has 60 heavy (non-hydrogen) atoms. The molecule has 0 aliphatic heterocycles. The van der Waals surface area contributed by atoms with Gasteiger partial charge in [0, 0.05) is 17.8 Å². The maximum Gasteiger partial charge on any atom is 0.247 e. The Morgan fingerprint density at radius 2 is 1.18 bits per heavy atom. The van der Waals surface area contributed by atoms with Crippen LogP contribution in [0.2, 0.25) is 0 Å². The molecule has 0 unspecified atom stereocenters. The number of fused-ring (bicyclic) bond motifs is 3. The molecule has 0 spiro atoms. The van der Waals surface area contributed by atoms with Gasteiger partial charge in [-0.15, -0.1) is 0 Å². The summed E-state index contributed by atoms with van der Waals surface area (Å²) in [7, 11) is -4.25. The Bertz CT molecular complexity index is 2410. The van der Waals surface area contributed by atoms with Gasteiger partial charge in [-0.3, -0.25) is 14.4 Å². The van der Waals surface area contributed by atoms with E-state index < -0.39 is 38.8 Å². The van der Waals surface area contributed by atoms with Crippen LogP contribution in [-0.4, -0.2) is 38.2 Å². The van der Waals surface area contributed by atoms with Crippen LogP contribution in [0.4, 0.5) is 11.4 Å². The number of carbonyl (C=O) groups is 3. The number of rotatable bonds is 14. The zero-order chi connectivity index (χ0) is 42.5. The predicted molar refractivity (Wildman–Crippen MR) is 238 cm³/mol. The number of aryl methyl sites for hydroxylation is 1. The van der Waals surface area contributed by atoms with Crippen molar-refractivity contribution in [2.45, 2.75) is 101 Å². The Labute approximate surface area is 354 Å². The monoisotopic (exact) mass is 824 g/mol. The highest BCUT2D eigenvalue weighted by Gasteiger charge is 2.55. The summed E-state index contributed by atoms with van der Waals surface area (Å²) in [6, 6.07) is 39.3. The standard InChI is InChI=1S/C50H56N4O5S/c1-34(2)40-32-37-26-27-45-49(3,28-17-29-50(45,4)48(57)53-42(30-35-18-9-5-10-19-35)46(55)51-38-22-13-7-14-23-38)41(37)33-44(40)60(58,59)54-43(31-36-20-11-6-12-21-36)47(56)52-39-24-15-8-16-25-39/h5-16,18-25,32-34,42-43,45,54H,17,26-31H2,1-4H3,(H,51,55)(H,52,56)(H,53,57)/t42-,43-,45-,49-,50-/m1/s1. The van der Waals surface area contributed by atoms with E-state index >= 15 is 0 Å². The summed E-state index contributed by atoms with van der Waals surface area (Å²) in [5.41, 5.74) is 4.32. The highest BCUT2D eigenvalue weighted by atomic mass is 32.2. The smallest absolute Gasteiger partial charge is 0.247 e. The minimum absolute atomic E-state index is 0.121. The van der Waals surface area contributed by atoms with Gasteiger partial charge >= 0.3 is 0 Å². The van der Waals surface area contributed by atoms with Crippen LogP contribution in [0.3, 0.4) is 0 Å². The van der Waals surface area contributed by atoms with Crippen LogP contribution in [0.25, 0.3) is 0 Å². The molecular formula is C50H56N4O5S. The predicted octanol–water partition coefficient (Wildman–Crippen LogP) is 8.71. The van der Waals surface area contributed by atoms with E-state index in [1.165, 1.54) is 0 Å². The van der Waals surface area contributed by atoms with E-state index in [9.17, 15) is 22.8 Å². The average molecular weight is 825 g/mol. The van der Waals surface area contributed by atoms with Crippen LogP contribution in [0.15, 0.2) is 138 Å². The first-order chi connectivity index (χ1) is 28.8. The van der Waals surface area contributed by atoms with E-state index in [2.05, 4.69) is 27.6 Å². The molecule has 1 saturated carbocycles. The molecule has 0 aromatic heterocycles. The molecule has 0 saturated heterocycles. The van der Waals surface area contributed by atoms with Crippen molar-refractivity contribution in [1.82, 2.24) is 10.0 Å². The van der Waals surface area contributed by atoms with Crippen molar-refractivity contribution in [3.05, 3.63) is 161 Å². The molecule has 5 atom stereocenters. The van der Waals surface area contributed by atoms with Gasteiger partial charge in [0.1, 0.15) is 12.1 Å². The van der Waals surface area contributed by atoms with Crippen molar-refractivity contribution >= 4 is 39.1 Å². The van der Waals surface area contributed by atoms with Crippen molar-refractivity contribution in [2.75, 3.05) is 10.6 Å². The van der Waals surface area contributed by atoms with E-state index in [1.807, 2.05) is 142 Å². The van der Waals surface area contributed by atoms with Gasteiger partial charge in [0.15, 0.2) is 0 Å². The number of carbonyl (C=O) groups excluding carboxylic acids is 3. The number of benzene rings is 5. The lowest BCUT2D eigenvalue weighted by molar-refractivity contribution is -0.141. The minimum Gasteiger partial charge on any atom is -0.343 e. The number of para-hydroxylation sites is 2. The molecule has 3 amide bonds. The van der Waals surface area contributed by atoms with Gasteiger partial charge in [-0.2, -0.15) is 4.72 Å². The van der Waals surface area contributed by atoms with Crippen LogP contribution >= 0.6 is 0 Å². The molecule has 2 aliphatic rings. The first-order valence-electron chi connectivity index (χ1n) is 21.1. The van der Waals surface area contributed by atoms with Crippen molar-refractivity contribution in [1.29, 1.82) is 0 Å². The largest absolute Gasteiger partial charge is 0.343 e. The second-order valence-electron chi connectivity index (χ2n) is 17.3. The summed E-state index contributed by atoms with van der Waals surface area (Å²) in [5, 5.41) is 9.11. The molecule has 0 heterocycles. The van der Waals surface area contributed by atoms with Gasteiger partial charge in [-0.25, -0.2) is 8.42 Å². The maximum atomic E-state index is 14.8. The Hall–Kier alpha value is -5.58. The highest BCUT2D eigenvalue weighted by Crippen LogP contribution is 2.58. The van der Waals surface area contributed by atoms with Gasteiger partial charge in [-0.1, -0.05) is 137 Å². The third kappa shape index (κ3) is 9.25. The van der Waals surface area contributed by atoms with Crippen LogP contribution in [0.5, 0.6) is 0 Å². The summed E-state index contributed by atoms with van der Waals surface area (Å²) in [6.07, 6.45) is 4.08. The fourth-order valence-electron chi connectivity index (χ4n) is 9.64. The zero-order valence-electron chi connectivity index (χ0n) is 34.9. The lowest BCUT2D eigenvalue weighted by Gasteiger charge is -2.55. The van der Waals surface area contributed by atoms with Gasteiger partial charge in [-0.05, 0) is 108 Å². The normalized spacial score (nSPS) is 20.9. The Balaban J connectivity index is 1.20. The highest BCUT2D eigenvalue weighted by molar-refractivity contribution is 7.89. The molecule has 4 N–H and O–H groups in total. The summed E-state index contributed by atoms with van der Waals surface area (Å²) in [4.78, 5) is 42.7. The fraction of sp³-hybridized carbons (Fsp3) is 0.340. The number of anilines is 2. The molecule has 2 aliphatic carbocycles. The molecule has 7 rings (SSSR count). The van der Waals surface area contributed by atoms with Crippen LogP contribution in [0, 0.1) is 11.3 Å². The first-order valence-corrected chi connectivity index (χ1v) is 22.6. The number of nitrogens with one attached hydrogen (secondary N) is 4. The Morgan fingerprint density at radius 3 is 1.72 bits per heavy atom. The van der Waals surface area contributed by atoms with E-state index in [1.54, 1.807) is 12.1 Å². The maximum absolute atomic E-state index is 14.8. The SMILES string of the molecule is CC(C)c1cc2c(cc1S(=O)(=O)N[C@H](Cc1ccccc1)C(=O)Nc1ccccc1)[C@@]1(C)CCC[C@@](C)(C(=O)N[C@H](Cc3ccccc3)C(=O)Nc3ccccc3)[C@@H]1CC2. The molecule has 0 bridgehead atoms. The molecule has 312 valence electrons. The second-order valence-corrected chi connectivity index (χ2v) is 19.0. The third-order valence-corrected chi connectivity index (χ3v) is 14.3. The lowest BCUT2D eigenvalue weighted by Crippen LogP contribution is -2.58. The van der Waals surface area contributed by atoms with Crippen LogP contribution < -0.4 is 20.7 Å². The van der Waals surface area contributed by atoms with Crippen LogP contribution in [-0.2, 0) is 49.1 Å². The van der Waals surface area contributed by atoms with Gasteiger partial charge in [0.2, 0.25) is 27.7 Å². The number of sulfonamides is 1. The number of hydrogen-bond acceptors (Lipinski definition) is 5. The topological polar surface area (TPSA) is 133 Å². The van der Waals surface area contributed by atoms with Crippen molar-refractivity contribution in [2.24, 2.45) is 11.3 Å². The number of hydrogen-bond donors (Lipinski definition) is 4. The van der Waals surface area contributed by atoms with Gasteiger partial charge in [0.25, 0.3) is 0 Å². The third-order valence-electron chi connectivity index (χ3n) is 12.8. The van der Waals surface area contributed by atoms with E-state index in [0.717, 1.165) is 41.5 Å². The average Bonchev–Trinajstić information content (AvgIpc) is 3.24. The Kier molecular flexibility index (Phi) is 12.7. The van der Waals surface area contributed by atoms with Crippen molar-refractivity contribution < 1.29 is 22.8 Å². The van der Waals surface area contributed by atoms with E-state index in [-0.39, 0.29) is 35.0 Å². The molecular weight excluding hydrogens is 769 g/mol.